The molecule has 0 spiro atoms. The first-order valence-corrected chi connectivity index (χ1v) is 5.40. The predicted molar refractivity (Wildman–Crippen MR) is 62.2 cm³/mol. The highest BCUT2D eigenvalue weighted by molar-refractivity contribution is 5.44. The number of nitrogens with zero attached hydrogens (tertiary/aromatic N) is 2. The van der Waals surface area contributed by atoms with Crippen LogP contribution in [-0.4, -0.2) is 10.1 Å². The molecule has 1 N–H and O–H groups in total. The van der Waals surface area contributed by atoms with E-state index < -0.39 is 0 Å². The van der Waals surface area contributed by atoms with Crippen molar-refractivity contribution in [3.05, 3.63) is 41.5 Å². The minimum atomic E-state index is 0.562. The second-order valence-corrected chi connectivity index (χ2v) is 3.64. The maximum Gasteiger partial charge on any atom is 0.245 e. The molecule has 1 heterocycles. The zero-order valence-corrected chi connectivity index (χ0v) is 9.53. The largest absolute Gasteiger partial charge is 0.376 e. The molecule has 1 aromatic heterocycles. The SMILES string of the molecule is CCc1ccc(NCc2nc(C)no2)cc1. The fourth-order valence-corrected chi connectivity index (χ4v) is 1.45. The first kappa shape index (κ1) is 10.7. The lowest BCUT2D eigenvalue weighted by Gasteiger charge is -2.03. The Bertz CT molecular complexity index is 448. The van der Waals surface area contributed by atoms with Gasteiger partial charge in [-0.25, -0.2) is 0 Å². The van der Waals surface area contributed by atoms with Gasteiger partial charge in [0.25, 0.3) is 0 Å². The van der Waals surface area contributed by atoms with Crippen LogP contribution in [0.5, 0.6) is 0 Å². The molecule has 4 heteroatoms. The van der Waals surface area contributed by atoms with Crippen LogP contribution in [0.25, 0.3) is 0 Å². The molecule has 0 radical (unpaired) electrons. The number of nitrogens with one attached hydrogen (secondary N) is 1. The summed E-state index contributed by atoms with van der Waals surface area (Å²) < 4.78 is 5.01. The van der Waals surface area contributed by atoms with Crippen molar-refractivity contribution < 1.29 is 4.52 Å². The van der Waals surface area contributed by atoms with Crippen molar-refractivity contribution in [1.82, 2.24) is 10.1 Å². The standard InChI is InChI=1S/C12H15N3O/c1-3-10-4-6-11(7-5-10)13-8-12-14-9(2)15-16-12/h4-7,13H,3,8H2,1-2H3. The maximum atomic E-state index is 5.01. The smallest absolute Gasteiger partial charge is 0.245 e. The number of aryl methyl sites for hydroxylation is 2. The monoisotopic (exact) mass is 217 g/mol. The highest BCUT2D eigenvalue weighted by Gasteiger charge is 2.01. The summed E-state index contributed by atoms with van der Waals surface area (Å²) in [5.41, 5.74) is 2.40. The van der Waals surface area contributed by atoms with Gasteiger partial charge in [-0.3, -0.25) is 0 Å². The minimum absolute atomic E-state index is 0.562. The summed E-state index contributed by atoms with van der Waals surface area (Å²) in [6.45, 7) is 4.51. The lowest BCUT2D eigenvalue weighted by atomic mass is 10.1. The van der Waals surface area contributed by atoms with E-state index in [9.17, 15) is 0 Å². The second-order valence-electron chi connectivity index (χ2n) is 3.64. The molecule has 0 unspecified atom stereocenters. The van der Waals surface area contributed by atoms with E-state index in [1.165, 1.54) is 5.56 Å². The molecule has 0 aliphatic rings. The van der Waals surface area contributed by atoms with Gasteiger partial charge in [-0.2, -0.15) is 4.98 Å². The Morgan fingerprint density at radius 3 is 2.56 bits per heavy atom. The minimum Gasteiger partial charge on any atom is -0.376 e. The molecule has 1 aromatic carbocycles. The average Bonchev–Trinajstić information content (AvgIpc) is 2.73. The molecule has 0 saturated heterocycles. The van der Waals surface area contributed by atoms with Crippen LogP contribution in [0.4, 0.5) is 5.69 Å². The van der Waals surface area contributed by atoms with Crippen LogP contribution in [0.2, 0.25) is 0 Å². The van der Waals surface area contributed by atoms with Gasteiger partial charge >= 0.3 is 0 Å². The third kappa shape index (κ3) is 2.59. The zero-order valence-electron chi connectivity index (χ0n) is 9.53. The Morgan fingerprint density at radius 2 is 2.00 bits per heavy atom. The molecule has 0 amide bonds. The van der Waals surface area contributed by atoms with Gasteiger partial charge < -0.3 is 9.84 Å². The lowest BCUT2D eigenvalue weighted by molar-refractivity contribution is 0.379. The second kappa shape index (κ2) is 4.79. The Morgan fingerprint density at radius 1 is 1.25 bits per heavy atom. The van der Waals surface area contributed by atoms with E-state index in [0.717, 1.165) is 12.1 Å². The van der Waals surface area contributed by atoms with Crippen molar-refractivity contribution in [3.63, 3.8) is 0 Å². The highest BCUT2D eigenvalue weighted by atomic mass is 16.5. The molecule has 16 heavy (non-hydrogen) atoms. The third-order valence-corrected chi connectivity index (χ3v) is 2.38. The summed E-state index contributed by atoms with van der Waals surface area (Å²) in [5, 5.41) is 6.96. The maximum absolute atomic E-state index is 5.01. The number of aromatic nitrogens is 2. The van der Waals surface area contributed by atoms with Crippen LogP contribution in [0.3, 0.4) is 0 Å². The fraction of sp³-hybridized carbons (Fsp3) is 0.333. The average molecular weight is 217 g/mol. The molecule has 0 aliphatic carbocycles. The Balaban J connectivity index is 1.94. The van der Waals surface area contributed by atoms with Crippen molar-refractivity contribution in [2.45, 2.75) is 26.8 Å². The number of hydrogen-bond donors (Lipinski definition) is 1. The summed E-state index contributed by atoms with van der Waals surface area (Å²) in [4.78, 5) is 4.12. The van der Waals surface area contributed by atoms with Crippen LogP contribution in [0.15, 0.2) is 28.8 Å². The molecule has 0 saturated carbocycles. The van der Waals surface area contributed by atoms with Crippen molar-refractivity contribution >= 4 is 5.69 Å². The van der Waals surface area contributed by atoms with Crippen molar-refractivity contribution in [2.75, 3.05) is 5.32 Å². The predicted octanol–water partition coefficient (Wildman–Crippen LogP) is 2.55. The molecule has 0 aliphatic heterocycles. The van der Waals surface area contributed by atoms with Crippen LogP contribution in [-0.2, 0) is 13.0 Å². The third-order valence-electron chi connectivity index (χ3n) is 2.38. The molecule has 0 fully saturated rings. The topological polar surface area (TPSA) is 51.0 Å². The van der Waals surface area contributed by atoms with Gasteiger partial charge in [-0.1, -0.05) is 24.2 Å². The van der Waals surface area contributed by atoms with Crippen LogP contribution in [0, 0.1) is 6.92 Å². The molecule has 84 valence electrons. The molecular weight excluding hydrogens is 202 g/mol. The highest BCUT2D eigenvalue weighted by Crippen LogP contribution is 2.11. The van der Waals surface area contributed by atoms with Gasteiger partial charge in [0.15, 0.2) is 5.82 Å². The summed E-state index contributed by atoms with van der Waals surface area (Å²) in [7, 11) is 0. The first-order chi connectivity index (χ1) is 7.78. The molecule has 2 rings (SSSR count). The van der Waals surface area contributed by atoms with Crippen LogP contribution in [0.1, 0.15) is 24.2 Å². The molecular formula is C12H15N3O. The number of anilines is 1. The first-order valence-electron chi connectivity index (χ1n) is 5.40. The quantitative estimate of drug-likeness (QED) is 0.855. The summed E-state index contributed by atoms with van der Waals surface area (Å²) >= 11 is 0. The van der Waals surface area contributed by atoms with Gasteiger partial charge in [0.05, 0.1) is 6.54 Å². The van der Waals surface area contributed by atoms with E-state index in [0.29, 0.717) is 18.3 Å². The van der Waals surface area contributed by atoms with Gasteiger partial charge in [0.1, 0.15) is 0 Å². The normalized spacial score (nSPS) is 10.4. The van der Waals surface area contributed by atoms with E-state index in [1.807, 2.05) is 6.92 Å². The number of benzene rings is 1. The zero-order chi connectivity index (χ0) is 11.4. The van der Waals surface area contributed by atoms with Gasteiger partial charge in [0, 0.05) is 5.69 Å². The van der Waals surface area contributed by atoms with Gasteiger partial charge in [-0.15, -0.1) is 0 Å². The van der Waals surface area contributed by atoms with Crippen molar-refractivity contribution in [2.24, 2.45) is 0 Å². The Kier molecular flexibility index (Phi) is 3.19. The Labute approximate surface area is 94.7 Å². The van der Waals surface area contributed by atoms with Crippen molar-refractivity contribution in [1.29, 1.82) is 0 Å². The van der Waals surface area contributed by atoms with E-state index in [1.54, 1.807) is 0 Å². The van der Waals surface area contributed by atoms with E-state index >= 15 is 0 Å². The Hall–Kier alpha value is -1.84. The summed E-state index contributed by atoms with van der Waals surface area (Å²) in [6.07, 6.45) is 1.06. The van der Waals surface area contributed by atoms with E-state index in [4.69, 9.17) is 4.52 Å². The molecule has 0 bridgehead atoms. The van der Waals surface area contributed by atoms with Crippen molar-refractivity contribution in [3.8, 4) is 0 Å². The van der Waals surface area contributed by atoms with E-state index in [2.05, 4.69) is 46.6 Å². The molecule has 0 atom stereocenters. The molecule has 4 nitrogen and oxygen atoms in total. The van der Waals surface area contributed by atoms with Crippen LogP contribution >= 0.6 is 0 Å². The van der Waals surface area contributed by atoms with Gasteiger partial charge in [0.2, 0.25) is 5.89 Å². The van der Waals surface area contributed by atoms with Gasteiger partial charge in [-0.05, 0) is 31.0 Å². The molecule has 2 aromatic rings. The number of rotatable bonds is 4. The van der Waals surface area contributed by atoms with E-state index in [-0.39, 0.29) is 0 Å². The van der Waals surface area contributed by atoms with Crippen LogP contribution < -0.4 is 5.32 Å². The lowest BCUT2D eigenvalue weighted by Crippen LogP contribution is -1.99. The summed E-state index contributed by atoms with van der Waals surface area (Å²) in [5.74, 6) is 1.27. The summed E-state index contributed by atoms with van der Waals surface area (Å²) in [6, 6.07) is 8.34. The number of hydrogen-bond acceptors (Lipinski definition) is 4. The fourth-order valence-electron chi connectivity index (χ4n) is 1.45.